The van der Waals surface area contributed by atoms with Gasteiger partial charge in [0, 0.05) is 25.6 Å². The SMILES string of the molecule is O=C(C1CCC1)N1CCn2nc(CNS(=O)(=O)N3CCCCC3)cc2C1. The van der Waals surface area contributed by atoms with Crippen molar-refractivity contribution in [3.8, 4) is 0 Å². The Labute approximate surface area is 154 Å². The Kier molecular flexibility index (Phi) is 5.02. The highest BCUT2D eigenvalue weighted by atomic mass is 32.2. The molecule has 2 aliphatic heterocycles. The van der Waals surface area contributed by atoms with E-state index in [1.807, 2.05) is 15.6 Å². The molecule has 3 aliphatic rings. The summed E-state index contributed by atoms with van der Waals surface area (Å²) in [5.41, 5.74) is 1.69. The summed E-state index contributed by atoms with van der Waals surface area (Å²) in [6, 6.07) is 1.92. The molecule has 1 aromatic rings. The van der Waals surface area contributed by atoms with Crippen molar-refractivity contribution in [3.63, 3.8) is 0 Å². The number of carbonyl (C=O) groups is 1. The normalized spacial score (nSPS) is 22.1. The van der Waals surface area contributed by atoms with Crippen LogP contribution in [0.15, 0.2) is 6.07 Å². The molecule has 0 unspecified atom stereocenters. The molecule has 1 N–H and O–H groups in total. The van der Waals surface area contributed by atoms with Crippen LogP contribution in [-0.2, 0) is 34.6 Å². The zero-order chi connectivity index (χ0) is 18.1. The molecule has 8 nitrogen and oxygen atoms in total. The second-order valence-electron chi connectivity index (χ2n) is 7.52. The maximum atomic E-state index is 12.4. The summed E-state index contributed by atoms with van der Waals surface area (Å²) in [6.07, 6.45) is 6.12. The van der Waals surface area contributed by atoms with Gasteiger partial charge in [-0.1, -0.05) is 12.8 Å². The molecule has 9 heteroatoms. The van der Waals surface area contributed by atoms with Crippen molar-refractivity contribution >= 4 is 16.1 Å². The standard InChI is InChI=1S/C17H27N5O3S/c23-17(14-5-4-6-14)20-9-10-22-16(13-20)11-15(19-22)12-18-26(24,25)21-7-2-1-3-8-21/h11,14,18H,1-10,12-13H2. The Morgan fingerprint density at radius 3 is 2.58 bits per heavy atom. The molecule has 0 radical (unpaired) electrons. The quantitative estimate of drug-likeness (QED) is 0.819. The monoisotopic (exact) mass is 381 g/mol. The van der Waals surface area contributed by atoms with Gasteiger partial charge in [-0.05, 0) is 31.7 Å². The van der Waals surface area contributed by atoms with E-state index in [-0.39, 0.29) is 18.4 Å². The lowest BCUT2D eigenvalue weighted by Gasteiger charge is -2.34. The Bertz CT molecular complexity index is 765. The van der Waals surface area contributed by atoms with Gasteiger partial charge in [0.05, 0.1) is 31.0 Å². The first-order valence-corrected chi connectivity index (χ1v) is 11.1. The number of hydrogen-bond acceptors (Lipinski definition) is 4. The van der Waals surface area contributed by atoms with E-state index < -0.39 is 10.2 Å². The fraction of sp³-hybridized carbons (Fsp3) is 0.765. The average molecular weight is 382 g/mol. The minimum Gasteiger partial charge on any atom is -0.335 e. The number of amides is 1. The van der Waals surface area contributed by atoms with Crippen LogP contribution in [0.1, 0.15) is 49.9 Å². The van der Waals surface area contributed by atoms with Crippen LogP contribution in [0.4, 0.5) is 0 Å². The first-order chi connectivity index (χ1) is 12.5. The molecule has 1 aliphatic carbocycles. The minimum atomic E-state index is -3.44. The molecule has 1 saturated carbocycles. The lowest BCUT2D eigenvalue weighted by atomic mass is 9.84. The van der Waals surface area contributed by atoms with Gasteiger partial charge >= 0.3 is 0 Å². The van der Waals surface area contributed by atoms with E-state index in [1.165, 1.54) is 4.31 Å². The molecule has 4 rings (SSSR count). The number of hydrogen-bond donors (Lipinski definition) is 1. The van der Waals surface area contributed by atoms with Gasteiger partial charge in [-0.25, -0.2) is 0 Å². The molecule has 144 valence electrons. The van der Waals surface area contributed by atoms with E-state index in [9.17, 15) is 13.2 Å². The van der Waals surface area contributed by atoms with Crippen LogP contribution < -0.4 is 4.72 Å². The minimum absolute atomic E-state index is 0.190. The highest BCUT2D eigenvalue weighted by molar-refractivity contribution is 7.87. The van der Waals surface area contributed by atoms with Gasteiger partial charge in [-0.3, -0.25) is 9.48 Å². The van der Waals surface area contributed by atoms with Crippen molar-refractivity contribution < 1.29 is 13.2 Å². The second-order valence-corrected chi connectivity index (χ2v) is 9.28. The highest BCUT2D eigenvalue weighted by Gasteiger charge is 2.31. The summed E-state index contributed by atoms with van der Waals surface area (Å²) in [6.45, 7) is 3.30. The van der Waals surface area contributed by atoms with Gasteiger partial charge in [-0.2, -0.15) is 22.5 Å². The molecule has 3 heterocycles. The number of carbonyl (C=O) groups excluding carboxylic acids is 1. The number of nitrogens with zero attached hydrogens (tertiary/aromatic N) is 4. The Hall–Kier alpha value is -1.45. The van der Waals surface area contributed by atoms with Crippen molar-refractivity contribution in [1.82, 2.24) is 23.7 Å². The fourth-order valence-electron chi connectivity index (χ4n) is 3.88. The summed E-state index contributed by atoms with van der Waals surface area (Å²) in [5, 5.41) is 4.50. The summed E-state index contributed by atoms with van der Waals surface area (Å²) >= 11 is 0. The maximum Gasteiger partial charge on any atom is 0.279 e. The van der Waals surface area contributed by atoms with E-state index >= 15 is 0 Å². The largest absolute Gasteiger partial charge is 0.335 e. The van der Waals surface area contributed by atoms with Crippen LogP contribution in [0.2, 0.25) is 0 Å². The van der Waals surface area contributed by atoms with Gasteiger partial charge in [0.1, 0.15) is 0 Å². The molecule has 0 aromatic carbocycles. The molecular weight excluding hydrogens is 354 g/mol. The highest BCUT2D eigenvalue weighted by Crippen LogP contribution is 2.29. The van der Waals surface area contributed by atoms with Crippen molar-refractivity contribution in [1.29, 1.82) is 0 Å². The Morgan fingerprint density at radius 1 is 1.12 bits per heavy atom. The van der Waals surface area contributed by atoms with Gasteiger partial charge < -0.3 is 4.90 Å². The molecule has 0 spiro atoms. The molecule has 1 amide bonds. The topological polar surface area (TPSA) is 87.5 Å². The second kappa shape index (κ2) is 7.28. The van der Waals surface area contributed by atoms with Crippen molar-refractivity contribution in [3.05, 3.63) is 17.5 Å². The van der Waals surface area contributed by atoms with E-state index in [1.54, 1.807) is 0 Å². The average Bonchev–Trinajstić information content (AvgIpc) is 3.01. The zero-order valence-electron chi connectivity index (χ0n) is 15.1. The third-order valence-electron chi connectivity index (χ3n) is 5.71. The molecule has 0 bridgehead atoms. The molecule has 1 aromatic heterocycles. The van der Waals surface area contributed by atoms with Crippen molar-refractivity contribution in [2.75, 3.05) is 19.6 Å². The number of fused-ring (bicyclic) bond motifs is 1. The summed E-state index contributed by atoms with van der Waals surface area (Å²) in [5.74, 6) is 0.469. The Balaban J connectivity index is 1.36. The van der Waals surface area contributed by atoms with Gasteiger partial charge in [0.15, 0.2) is 0 Å². The van der Waals surface area contributed by atoms with E-state index in [2.05, 4.69) is 9.82 Å². The zero-order valence-corrected chi connectivity index (χ0v) is 15.9. The third-order valence-corrected chi connectivity index (χ3v) is 7.26. The van der Waals surface area contributed by atoms with Crippen LogP contribution in [0, 0.1) is 5.92 Å². The lowest BCUT2D eigenvalue weighted by molar-refractivity contribution is -0.139. The van der Waals surface area contributed by atoms with E-state index in [0.717, 1.165) is 44.2 Å². The lowest BCUT2D eigenvalue weighted by Crippen LogP contribution is -2.43. The van der Waals surface area contributed by atoms with Gasteiger partial charge in [0.25, 0.3) is 10.2 Å². The first kappa shape index (κ1) is 17.9. The molecule has 0 atom stereocenters. The van der Waals surface area contributed by atoms with Crippen LogP contribution in [-0.4, -0.2) is 52.9 Å². The third kappa shape index (κ3) is 3.65. The fourth-order valence-corrected chi connectivity index (χ4v) is 5.13. The van der Waals surface area contributed by atoms with Crippen molar-refractivity contribution in [2.24, 2.45) is 5.92 Å². The summed E-state index contributed by atoms with van der Waals surface area (Å²) in [7, 11) is -3.44. The number of nitrogens with one attached hydrogen (secondary N) is 1. The Morgan fingerprint density at radius 2 is 1.88 bits per heavy atom. The molecule has 26 heavy (non-hydrogen) atoms. The molecule has 2 fully saturated rings. The summed E-state index contributed by atoms with van der Waals surface area (Å²) in [4.78, 5) is 14.3. The number of rotatable bonds is 5. The first-order valence-electron chi connectivity index (χ1n) is 9.62. The van der Waals surface area contributed by atoms with Crippen molar-refractivity contribution in [2.45, 2.75) is 58.2 Å². The van der Waals surface area contributed by atoms with E-state index in [4.69, 9.17) is 0 Å². The maximum absolute atomic E-state index is 12.4. The molecule has 1 saturated heterocycles. The molecular formula is C17H27N5O3S. The van der Waals surface area contributed by atoms with Crippen LogP contribution in [0.3, 0.4) is 0 Å². The number of aromatic nitrogens is 2. The van der Waals surface area contributed by atoms with Crippen LogP contribution in [0.5, 0.6) is 0 Å². The van der Waals surface area contributed by atoms with Gasteiger partial charge in [-0.15, -0.1) is 0 Å². The van der Waals surface area contributed by atoms with Crippen LogP contribution >= 0.6 is 0 Å². The van der Waals surface area contributed by atoms with Crippen LogP contribution in [0.25, 0.3) is 0 Å². The predicted molar refractivity (Wildman–Crippen MR) is 96.2 cm³/mol. The number of piperidine rings is 1. The predicted octanol–water partition coefficient (Wildman–Crippen LogP) is 0.846. The van der Waals surface area contributed by atoms with Gasteiger partial charge in [0.2, 0.25) is 5.91 Å². The summed E-state index contributed by atoms with van der Waals surface area (Å²) < 4.78 is 30.9. The van der Waals surface area contributed by atoms with E-state index in [0.29, 0.717) is 38.4 Å². The smallest absolute Gasteiger partial charge is 0.279 e.